The lowest BCUT2D eigenvalue weighted by Crippen LogP contribution is -2.31. The quantitative estimate of drug-likeness (QED) is 0.565. The predicted octanol–water partition coefficient (Wildman–Crippen LogP) is 5.25. The third-order valence-corrected chi connectivity index (χ3v) is 6.81. The van der Waals surface area contributed by atoms with E-state index < -0.39 is 0 Å². The number of H-pyrrole nitrogens is 1. The van der Waals surface area contributed by atoms with Gasteiger partial charge in [-0.3, -0.25) is 4.90 Å². The van der Waals surface area contributed by atoms with Gasteiger partial charge >= 0.3 is 0 Å². The number of aliphatic hydroxyl groups excluding tert-OH is 1. The summed E-state index contributed by atoms with van der Waals surface area (Å²) in [5, 5.41) is 10.8. The molecule has 30 heavy (non-hydrogen) atoms. The summed E-state index contributed by atoms with van der Waals surface area (Å²) in [5.41, 5.74) is 6.13. The molecule has 2 aromatic carbocycles. The van der Waals surface area contributed by atoms with Crippen LogP contribution in [-0.4, -0.2) is 40.3 Å². The summed E-state index contributed by atoms with van der Waals surface area (Å²) in [6, 6.07) is 18.0. The van der Waals surface area contributed by atoms with Crippen molar-refractivity contribution >= 4 is 10.9 Å². The van der Waals surface area contributed by atoms with Gasteiger partial charge in [0.15, 0.2) is 0 Å². The number of aromatic amines is 1. The maximum atomic E-state index is 9.58. The fourth-order valence-corrected chi connectivity index (χ4v) is 5.10. The van der Waals surface area contributed by atoms with Gasteiger partial charge in [0.1, 0.15) is 0 Å². The van der Waals surface area contributed by atoms with Gasteiger partial charge in [-0.1, -0.05) is 37.1 Å². The molecule has 2 fully saturated rings. The molecule has 2 N–H and O–H groups in total. The van der Waals surface area contributed by atoms with Crippen LogP contribution in [0.3, 0.4) is 0 Å². The summed E-state index contributed by atoms with van der Waals surface area (Å²) in [4.78, 5) is 5.95. The molecule has 1 aromatic heterocycles. The van der Waals surface area contributed by atoms with Gasteiger partial charge in [-0.15, -0.1) is 0 Å². The fraction of sp³-hybridized carbons (Fsp3) is 0.462. The first kappa shape index (κ1) is 19.8. The van der Waals surface area contributed by atoms with Crippen LogP contribution in [0.2, 0.25) is 0 Å². The van der Waals surface area contributed by atoms with Gasteiger partial charge < -0.3 is 14.8 Å². The highest BCUT2D eigenvalue weighted by atomic mass is 16.5. The molecular formula is C26H32N2O2. The molecule has 1 aliphatic carbocycles. The van der Waals surface area contributed by atoms with Crippen LogP contribution in [0.5, 0.6) is 0 Å². The lowest BCUT2D eigenvalue weighted by atomic mass is 10.0. The average Bonchev–Trinajstić information content (AvgIpc) is 3.52. The van der Waals surface area contributed by atoms with Crippen LogP contribution in [-0.2, 0) is 17.9 Å². The van der Waals surface area contributed by atoms with E-state index in [1.165, 1.54) is 65.4 Å². The number of ether oxygens (including phenoxy) is 1. The van der Waals surface area contributed by atoms with Gasteiger partial charge in [0.25, 0.3) is 0 Å². The van der Waals surface area contributed by atoms with Crippen molar-refractivity contribution in [3.63, 3.8) is 0 Å². The smallest absolute Gasteiger partial charge is 0.0720 e. The van der Waals surface area contributed by atoms with Crippen molar-refractivity contribution in [2.24, 2.45) is 0 Å². The van der Waals surface area contributed by atoms with Crippen LogP contribution in [0.25, 0.3) is 22.0 Å². The zero-order valence-electron chi connectivity index (χ0n) is 17.6. The van der Waals surface area contributed by atoms with E-state index >= 15 is 0 Å². The lowest BCUT2D eigenvalue weighted by Gasteiger charge is -2.21. The highest BCUT2D eigenvalue weighted by molar-refractivity contribution is 5.86. The number of fused-ring (bicyclic) bond motifs is 1. The van der Waals surface area contributed by atoms with Crippen LogP contribution >= 0.6 is 0 Å². The second-order valence-electron chi connectivity index (χ2n) is 8.96. The predicted molar refractivity (Wildman–Crippen MR) is 121 cm³/mol. The Morgan fingerprint density at radius 3 is 2.70 bits per heavy atom. The van der Waals surface area contributed by atoms with E-state index in [2.05, 4.69) is 58.4 Å². The van der Waals surface area contributed by atoms with E-state index in [0.717, 1.165) is 19.5 Å². The second-order valence-corrected chi connectivity index (χ2v) is 8.96. The molecule has 4 nitrogen and oxygen atoms in total. The van der Waals surface area contributed by atoms with Crippen LogP contribution in [0.4, 0.5) is 0 Å². The average molecular weight is 405 g/mol. The number of rotatable bonds is 7. The summed E-state index contributed by atoms with van der Waals surface area (Å²) >= 11 is 0. The standard InChI is InChI=1S/C26H32N2O2/c29-17-24-7-4-12-28(24)16-23-15-22-14-21(10-11-26(22)27-23)20-6-3-5-19(13-20)18-30-25-8-1-2-9-25/h3,5-6,10-11,13-15,24-25,27,29H,1-2,4,7-9,12,16-18H2/t24-/m1/s1. The molecule has 1 aliphatic heterocycles. The minimum absolute atomic E-state index is 0.255. The second kappa shape index (κ2) is 8.93. The van der Waals surface area contributed by atoms with Crippen LogP contribution < -0.4 is 0 Å². The zero-order valence-corrected chi connectivity index (χ0v) is 17.6. The third-order valence-electron chi connectivity index (χ3n) is 6.81. The van der Waals surface area contributed by atoms with Crippen molar-refractivity contribution in [2.45, 2.75) is 63.8 Å². The number of hydrogen-bond acceptors (Lipinski definition) is 3. The van der Waals surface area contributed by atoms with E-state index in [4.69, 9.17) is 4.74 Å². The Morgan fingerprint density at radius 2 is 1.83 bits per heavy atom. The van der Waals surface area contributed by atoms with Crippen molar-refractivity contribution < 1.29 is 9.84 Å². The van der Waals surface area contributed by atoms with Crippen LogP contribution in [0.15, 0.2) is 48.5 Å². The van der Waals surface area contributed by atoms with Gasteiger partial charge in [-0.05, 0) is 73.2 Å². The lowest BCUT2D eigenvalue weighted by molar-refractivity contribution is 0.0457. The third kappa shape index (κ3) is 4.31. The molecule has 5 rings (SSSR count). The Hall–Kier alpha value is -2.14. The van der Waals surface area contributed by atoms with E-state index in [1.54, 1.807) is 0 Å². The van der Waals surface area contributed by atoms with Crippen molar-refractivity contribution in [2.75, 3.05) is 13.2 Å². The Kier molecular flexibility index (Phi) is 5.89. The number of nitrogens with one attached hydrogen (secondary N) is 1. The molecule has 2 aliphatic rings. The number of aliphatic hydroxyl groups is 1. The number of likely N-dealkylation sites (tertiary alicyclic amines) is 1. The topological polar surface area (TPSA) is 48.5 Å². The van der Waals surface area contributed by atoms with Crippen molar-refractivity contribution in [1.82, 2.24) is 9.88 Å². The van der Waals surface area contributed by atoms with E-state index in [9.17, 15) is 5.11 Å². The summed E-state index contributed by atoms with van der Waals surface area (Å²) in [6.45, 7) is 2.91. The highest BCUT2D eigenvalue weighted by Gasteiger charge is 2.24. The fourth-order valence-electron chi connectivity index (χ4n) is 5.10. The van der Waals surface area contributed by atoms with E-state index in [-0.39, 0.29) is 6.61 Å². The molecular weight excluding hydrogens is 372 g/mol. The monoisotopic (exact) mass is 404 g/mol. The Labute approximate surface area is 178 Å². The number of nitrogens with zero attached hydrogens (tertiary/aromatic N) is 1. The normalized spacial score (nSPS) is 20.5. The molecule has 0 radical (unpaired) electrons. The van der Waals surface area contributed by atoms with Crippen molar-refractivity contribution in [1.29, 1.82) is 0 Å². The summed E-state index contributed by atoms with van der Waals surface area (Å²) in [5.74, 6) is 0. The first-order valence-electron chi connectivity index (χ1n) is 11.5. The molecule has 158 valence electrons. The summed E-state index contributed by atoms with van der Waals surface area (Å²) < 4.78 is 6.11. The SMILES string of the molecule is OC[C@H]1CCCN1Cc1cc2cc(-c3cccc(COC4CCCC4)c3)ccc2[nH]1. The van der Waals surface area contributed by atoms with Crippen molar-refractivity contribution in [3.8, 4) is 11.1 Å². The van der Waals surface area contributed by atoms with Crippen molar-refractivity contribution in [3.05, 3.63) is 59.8 Å². The largest absolute Gasteiger partial charge is 0.395 e. The van der Waals surface area contributed by atoms with Crippen LogP contribution in [0, 0.1) is 0 Å². The minimum Gasteiger partial charge on any atom is -0.395 e. The molecule has 0 bridgehead atoms. The Bertz CT molecular complexity index is 990. The Balaban J connectivity index is 1.31. The molecule has 1 atom stereocenters. The first-order chi connectivity index (χ1) is 14.8. The number of hydrogen-bond donors (Lipinski definition) is 2. The number of aromatic nitrogens is 1. The number of benzene rings is 2. The van der Waals surface area contributed by atoms with Gasteiger partial charge in [0, 0.05) is 29.2 Å². The molecule has 0 unspecified atom stereocenters. The van der Waals surface area contributed by atoms with Gasteiger partial charge in [-0.25, -0.2) is 0 Å². The first-order valence-corrected chi connectivity index (χ1v) is 11.5. The molecule has 0 spiro atoms. The summed E-state index contributed by atoms with van der Waals surface area (Å²) in [7, 11) is 0. The maximum Gasteiger partial charge on any atom is 0.0720 e. The highest BCUT2D eigenvalue weighted by Crippen LogP contribution is 2.28. The maximum absolute atomic E-state index is 9.58. The minimum atomic E-state index is 0.255. The summed E-state index contributed by atoms with van der Waals surface area (Å²) in [6.07, 6.45) is 7.76. The molecule has 4 heteroatoms. The van der Waals surface area contributed by atoms with E-state index in [0.29, 0.717) is 18.8 Å². The van der Waals surface area contributed by atoms with Crippen LogP contribution in [0.1, 0.15) is 49.8 Å². The molecule has 3 aromatic rings. The van der Waals surface area contributed by atoms with E-state index in [1.807, 2.05) is 0 Å². The van der Waals surface area contributed by atoms with Gasteiger partial charge in [-0.2, -0.15) is 0 Å². The zero-order chi connectivity index (χ0) is 20.3. The van der Waals surface area contributed by atoms with Gasteiger partial charge in [0.05, 0.1) is 19.3 Å². The van der Waals surface area contributed by atoms with Gasteiger partial charge in [0.2, 0.25) is 0 Å². The molecule has 2 heterocycles. The molecule has 0 amide bonds. The molecule has 1 saturated heterocycles. The molecule has 1 saturated carbocycles. The Morgan fingerprint density at radius 1 is 0.967 bits per heavy atom.